The molecule has 2 amide bonds. The summed E-state index contributed by atoms with van der Waals surface area (Å²) in [5.74, 6) is 1.07. The predicted octanol–water partition coefficient (Wildman–Crippen LogP) is 4.19. The third-order valence-corrected chi connectivity index (χ3v) is 25.3. The average molecular weight is 1020 g/mol. The number of phenolic OH excluding ortho intramolecular Hbond substituents is 1. The lowest BCUT2D eigenvalue weighted by molar-refractivity contribution is -0.542. The number of guanidine groups is 2. The first-order valence-electron chi connectivity index (χ1n) is 26.3. The molecular formula is C58H76N8O5Si2+2. The molecule has 4 atom stereocenters. The van der Waals surface area contributed by atoms with Crippen molar-refractivity contribution >= 4 is 61.1 Å². The molecule has 0 saturated carbocycles. The van der Waals surface area contributed by atoms with Gasteiger partial charge < -0.3 is 24.6 Å². The zero-order chi connectivity index (χ0) is 51.2. The van der Waals surface area contributed by atoms with Gasteiger partial charge in [-0.3, -0.25) is 40.0 Å². The number of aromatic hydroxyl groups is 1. The minimum absolute atomic E-state index is 0.0140. The van der Waals surface area contributed by atoms with E-state index in [1.54, 1.807) is 6.07 Å². The molecule has 384 valence electrons. The summed E-state index contributed by atoms with van der Waals surface area (Å²) in [7, 11) is -5.39. The highest BCUT2D eigenvalue weighted by molar-refractivity contribution is 7.00. The van der Waals surface area contributed by atoms with Crippen molar-refractivity contribution in [3.63, 3.8) is 0 Å². The summed E-state index contributed by atoms with van der Waals surface area (Å²) in [6, 6.07) is 47.5. The second-order valence-electron chi connectivity index (χ2n) is 22.3. The van der Waals surface area contributed by atoms with Crippen LogP contribution in [-0.4, -0.2) is 131 Å². The van der Waals surface area contributed by atoms with Crippen molar-refractivity contribution < 1.29 is 32.7 Å². The van der Waals surface area contributed by atoms with Crippen molar-refractivity contribution in [1.29, 1.82) is 0 Å². The molecule has 73 heavy (non-hydrogen) atoms. The first-order chi connectivity index (χ1) is 35.1. The van der Waals surface area contributed by atoms with Crippen molar-refractivity contribution in [2.45, 2.75) is 101 Å². The third kappa shape index (κ3) is 11.3. The quantitative estimate of drug-likeness (QED) is 0.0571. The third-order valence-electron chi connectivity index (χ3n) is 15.3. The smallest absolute Gasteiger partial charge is 0.346 e. The molecule has 4 aliphatic rings. The number of rotatable bonds is 16. The van der Waals surface area contributed by atoms with Gasteiger partial charge in [0.25, 0.3) is 28.4 Å². The number of amides is 2. The first kappa shape index (κ1) is 51.6. The van der Waals surface area contributed by atoms with Crippen LogP contribution >= 0.6 is 0 Å². The van der Waals surface area contributed by atoms with Gasteiger partial charge in [-0.05, 0) is 49.0 Å². The van der Waals surface area contributed by atoms with Crippen LogP contribution in [0.15, 0.2) is 140 Å². The predicted molar refractivity (Wildman–Crippen MR) is 296 cm³/mol. The van der Waals surface area contributed by atoms with E-state index in [4.69, 9.17) is 8.85 Å². The standard InChI is InChI=1S/C58H74N8O5Si2/c1-57(2,3)72(49-19-11-7-12-20-49,50-21-13-8-14-22-50)70-40-46-29-33-65-31-27-44(61-55(65)63-46)38-59-53(68)42-35-43(37-48(67)36-42)54(69)60-39-45-28-32-66-34-30-47(64-56(66)62-45)41-71-73(58(4,5)6,51-23-15-9-16-24-51)52-25-17-10-18-26-52/h7-26,35-37,44-47H,27-34,38-41H2,1-6H3,(H5,59,60,61,62,63,64,67,68,69)/p+2/t44-,45-,46-,47-/m0/s1. The van der Waals surface area contributed by atoms with Gasteiger partial charge in [0.05, 0.1) is 76.6 Å². The lowest BCUT2D eigenvalue weighted by Crippen LogP contribution is -2.68. The molecular weight excluding hydrogens is 945 g/mol. The highest BCUT2D eigenvalue weighted by Gasteiger charge is 2.52. The molecule has 4 heterocycles. The molecule has 0 saturated heterocycles. The number of hydrogen-bond acceptors (Lipinski definition) is 9. The Kier molecular flexibility index (Phi) is 15.6. The number of nitrogens with one attached hydrogen (secondary N) is 6. The SMILES string of the molecule is CC(C)(C)[Si](OC[C@@H]1CC[N+]2=C(N[C@H](CNC(=O)c3cc(O)cc(C(=O)NC[C@@H]4CC[N+]5=C(N4)N[C@H](CO[Si](c4ccccc4)(c4ccccc4)C(C)(C)C)CC5)c3)CC2)N1)(c1ccccc1)c1ccccc1. The average Bonchev–Trinajstić information content (AvgIpc) is 3.40. The Bertz CT molecular complexity index is 2500. The maximum Gasteiger partial charge on any atom is 0.346 e. The summed E-state index contributed by atoms with van der Waals surface area (Å²) in [4.78, 5) is 27.3. The Morgan fingerprint density at radius 2 is 0.808 bits per heavy atom. The van der Waals surface area contributed by atoms with E-state index in [2.05, 4.69) is 204 Å². The number of phenols is 1. The zero-order valence-corrected chi connectivity index (χ0v) is 45.5. The molecule has 5 aromatic rings. The number of carbonyl (C=O) groups is 2. The van der Waals surface area contributed by atoms with E-state index < -0.39 is 16.6 Å². The molecule has 0 unspecified atom stereocenters. The van der Waals surface area contributed by atoms with E-state index in [-0.39, 0.29) is 62.9 Å². The lowest BCUT2D eigenvalue weighted by atomic mass is 10.1. The maximum absolute atomic E-state index is 13.6. The van der Waals surface area contributed by atoms with Crippen molar-refractivity contribution in [3.05, 3.63) is 151 Å². The molecule has 15 heteroatoms. The molecule has 0 fully saturated rings. The summed E-state index contributed by atoms with van der Waals surface area (Å²) >= 11 is 0. The fraction of sp³-hybridized carbons (Fsp3) is 0.414. The molecule has 4 aliphatic heterocycles. The van der Waals surface area contributed by atoms with E-state index in [9.17, 15) is 14.7 Å². The van der Waals surface area contributed by atoms with Crippen LogP contribution < -0.4 is 52.6 Å². The Labute approximate surface area is 434 Å². The molecule has 0 aliphatic carbocycles. The van der Waals surface area contributed by atoms with Gasteiger partial charge >= 0.3 is 11.9 Å². The summed E-state index contributed by atoms with van der Waals surface area (Å²) < 4.78 is 19.3. The van der Waals surface area contributed by atoms with Crippen LogP contribution in [0.5, 0.6) is 5.75 Å². The van der Waals surface area contributed by atoms with Gasteiger partial charge in [-0.1, -0.05) is 163 Å². The fourth-order valence-electron chi connectivity index (χ4n) is 11.5. The van der Waals surface area contributed by atoms with Crippen molar-refractivity contribution in [2.75, 3.05) is 52.5 Å². The molecule has 5 aromatic carbocycles. The topological polar surface area (TPSA) is 151 Å². The van der Waals surface area contributed by atoms with Gasteiger partial charge in [0, 0.05) is 36.8 Å². The largest absolute Gasteiger partial charge is 0.508 e. The highest BCUT2D eigenvalue weighted by Crippen LogP contribution is 2.38. The maximum atomic E-state index is 13.6. The molecule has 0 bridgehead atoms. The number of nitrogens with zero attached hydrogens (tertiary/aromatic N) is 2. The molecule has 0 spiro atoms. The van der Waals surface area contributed by atoms with E-state index in [1.165, 1.54) is 32.9 Å². The van der Waals surface area contributed by atoms with Crippen LogP contribution in [0.25, 0.3) is 0 Å². The van der Waals surface area contributed by atoms with Crippen LogP contribution in [0.2, 0.25) is 10.1 Å². The van der Waals surface area contributed by atoms with Gasteiger partial charge in [0.2, 0.25) is 0 Å². The summed E-state index contributed by atoms with van der Waals surface area (Å²) in [5.41, 5.74) is 0.456. The minimum atomic E-state index is -2.70. The molecule has 0 aromatic heterocycles. The van der Waals surface area contributed by atoms with Gasteiger partial charge in [-0.25, -0.2) is 0 Å². The Hall–Kier alpha value is -6.27. The highest BCUT2D eigenvalue weighted by atomic mass is 28.4. The van der Waals surface area contributed by atoms with E-state index in [0.29, 0.717) is 26.3 Å². The van der Waals surface area contributed by atoms with Gasteiger partial charge in [-0.2, -0.15) is 0 Å². The number of hydrogen-bond donors (Lipinski definition) is 7. The zero-order valence-electron chi connectivity index (χ0n) is 43.5. The lowest BCUT2D eigenvalue weighted by Gasteiger charge is -2.44. The molecule has 13 nitrogen and oxygen atoms in total. The fourth-order valence-corrected chi connectivity index (χ4v) is 20.7. The normalized spacial score (nSPS) is 20.3. The Balaban J connectivity index is 0.767. The van der Waals surface area contributed by atoms with Gasteiger partial charge in [0.15, 0.2) is 0 Å². The Morgan fingerprint density at radius 3 is 1.12 bits per heavy atom. The van der Waals surface area contributed by atoms with E-state index in [0.717, 1.165) is 63.8 Å². The molecule has 9 rings (SSSR count). The van der Waals surface area contributed by atoms with Crippen molar-refractivity contribution in [1.82, 2.24) is 31.9 Å². The van der Waals surface area contributed by atoms with Crippen molar-refractivity contribution in [3.8, 4) is 5.75 Å². The van der Waals surface area contributed by atoms with Crippen LogP contribution in [0, 0.1) is 0 Å². The van der Waals surface area contributed by atoms with E-state index >= 15 is 0 Å². The summed E-state index contributed by atoms with van der Waals surface area (Å²) in [6.45, 7) is 19.2. The van der Waals surface area contributed by atoms with Crippen molar-refractivity contribution in [2.24, 2.45) is 0 Å². The molecule has 7 N–H and O–H groups in total. The second-order valence-corrected chi connectivity index (χ2v) is 30.9. The minimum Gasteiger partial charge on any atom is -0.508 e. The summed E-state index contributed by atoms with van der Waals surface area (Å²) in [5, 5.41) is 36.5. The summed E-state index contributed by atoms with van der Waals surface area (Å²) in [6.07, 6.45) is 3.60. The van der Waals surface area contributed by atoms with Gasteiger partial charge in [0.1, 0.15) is 5.75 Å². The van der Waals surface area contributed by atoms with Crippen LogP contribution in [-0.2, 0) is 8.85 Å². The molecule has 0 radical (unpaired) electrons. The second kappa shape index (κ2) is 22.1. The monoisotopic (exact) mass is 1020 g/mol. The van der Waals surface area contributed by atoms with Crippen LogP contribution in [0.1, 0.15) is 87.9 Å². The van der Waals surface area contributed by atoms with Crippen LogP contribution in [0.3, 0.4) is 0 Å². The van der Waals surface area contributed by atoms with E-state index in [1.807, 2.05) is 0 Å². The Morgan fingerprint density at radius 1 is 0.507 bits per heavy atom. The van der Waals surface area contributed by atoms with Crippen LogP contribution in [0.4, 0.5) is 0 Å². The number of benzene rings is 5. The number of carbonyl (C=O) groups excluding carboxylic acids is 2. The first-order valence-corrected chi connectivity index (χ1v) is 30.1. The van der Waals surface area contributed by atoms with Gasteiger partial charge in [-0.15, -0.1) is 0 Å².